The molecule has 0 fully saturated rings. The molecule has 0 radical (unpaired) electrons. The van der Waals surface area contributed by atoms with Gasteiger partial charge in [-0.2, -0.15) is 0 Å². The Morgan fingerprint density at radius 1 is 1.00 bits per heavy atom. The van der Waals surface area contributed by atoms with Crippen LogP contribution in [0.15, 0.2) is 9.09 Å². The average molecular weight is 344 g/mol. The van der Waals surface area contributed by atoms with E-state index in [2.05, 4.69) is 41.7 Å². The number of hydrogen-bond donors (Lipinski definition) is 0. The summed E-state index contributed by atoms with van der Waals surface area (Å²) in [5, 5.41) is 0. The van der Waals surface area contributed by atoms with Gasteiger partial charge in [0.1, 0.15) is 0 Å². The lowest BCUT2D eigenvalue weighted by molar-refractivity contribution is 0.285. The van der Waals surface area contributed by atoms with Crippen molar-refractivity contribution in [3.8, 4) is 0 Å². The van der Waals surface area contributed by atoms with Gasteiger partial charge >= 0.3 is 0 Å². The first-order valence-corrected chi connectivity index (χ1v) is 8.96. The smallest absolute Gasteiger partial charge is 0.201 e. The lowest BCUT2D eigenvalue weighted by Crippen LogP contribution is -2.22. The number of aryl methyl sites for hydroxylation is 1. The molecule has 0 saturated carbocycles. The van der Waals surface area contributed by atoms with Crippen molar-refractivity contribution >= 4 is 15.9 Å². The van der Waals surface area contributed by atoms with E-state index in [-0.39, 0.29) is 5.41 Å². The van der Waals surface area contributed by atoms with Gasteiger partial charge in [0, 0.05) is 5.41 Å². The number of unbranched alkanes of at least 4 members (excludes halogenated alkanes) is 5. The fraction of sp³-hybridized carbons (Fsp3) is 0.824. The number of aromatic nitrogens is 1. The van der Waals surface area contributed by atoms with E-state index in [0.717, 1.165) is 16.3 Å². The minimum Gasteiger partial charge on any atom is -0.433 e. The Bertz CT molecular complexity index is 369. The van der Waals surface area contributed by atoms with E-state index < -0.39 is 0 Å². The van der Waals surface area contributed by atoms with Gasteiger partial charge < -0.3 is 4.42 Å². The average Bonchev–Trinajstić information content (AvgIpc) is 2.77. The van der Waals surface area contributed by atoms with Gasteiger partial charge in [-0.25, -0.2) is 4.98 Å². The van der Waals surface area contributed by atoms with E-state index in [0.29, 0.717) is 0 Å². The number of oxazole rings is 1. The lowest BCUT2D eigenvalue weighted by Gasteiger charge is -2.26. The number of nitrogens with zero attached hydrogens (tertiary/aromatic N) is 1. The molecule has 116 valence electrons. The molecule has 0 spiro atoms. The lowest BCUT2D eigenvalue weighted by atomic mass is 9.79. The summed E-state index contributed by atoms with van der Waals surface area (Å²) in [7, 11) is 0. The third-order valence-electron chi connectivity index (χ3n) is 4.17. The first-order valence-electron chi connectivity index (χ1n) is 8.17. The number of hydrogen-bond acceptors (Lipinski definition) is 2. The van der Waals surface area contributed by atoms with Crippen LogP contribution in [0.3, 0.4) is 0 Å². The Morgan fingerprint density at radius 3 is 2.15 bits per heavy atom. The quantitative estimate of drug-likeness (QED) is 0.450. The molecule has 1 atom stereocenters. The minimum atomic E-state index is 0.0962. The summed E-state index contributed by atoms with van der Waals surface area (Å²) >= 11 is 3.45. The Labute approximate surface area is 132 Å². The second kappa shape index (κ2) is 8.86. The predicted octanol–water partition coefficient (Wildman–Crippen LogP) is 6.55. The maximum atomic E-state index is 5.86. The molecule has 2 nitrogen and oxygen atoms in total. The highest BCUT2D eigenvalue weighted by Crippen LogP contribution is 2.36. The van der Waals surface area contributed by atoms with Crippen LogP contribution in [0.1, 0.15) is 90.1 Å². The van der Waals surface area contributed by atoms with Crippen molar-refractivity contribution in [2.75, 3.05) is 0 Å². The van der Waals surface area contributed by atoms with Crippen LogP contribution in [0.5, 0.6) is 0 Å². The predicted molar refractivity (Wildman–Crippen MR) is 89.2 cm³/mol. The van der Waals surface area contributed by atoms with Crippen LogP contribution in [0.25, 0.3) is 0 Å². The molecule has 0 aliphatic heterocycles. The van der Waals surface area contributed by atoms with Crippen molar-refractivity contribution < 1.29 is 4.42 Å². The van der Waals surface area contributed by atoms with Crippen LogP contribution in [0.4, 0.5) is 0 Å². The molecule has 1 heterocycles. The first-order chi connectivity index (χ1) is 9.53. The molecule has 20 heavy (non-hydrogen) atoms. The molecule has 0 aromatic carbocycles. The fourth-order valence-corrected chi connectivity index (χ4v) is 2.90. The molecule has 0 saturated heterocycles. The van der Waals surface area contributed by atoms with Gasteiger partial charge in [0.15, 0.2) is 4.67 Å². The highest BCUT2D eigenvalue weighted by atomic mass is 79.9. The molecule has 1 aromatic rings. The standard InChI is InChI=1S/C17H30BrNO/c1-5-7-9-10-11-13-17(4,12-8-6-2)16-19-14(3)15(18)20-16/h5-13H2,1-4H3. The molecular formula is C17H30BrNO. The summed E-state index contributed by atoms with van der Waals surface area (Å²) in [5.41, 5.74) is 1.06. The van der Waals surface area contributed by atoms with Crippen LogP contribution in [-0.2, 0) is 5.41 Å². The third kappa shape index (κ3) is 5.23. The van der Waals surface area contributed by atoms with Gasteiger partial charge in [0.2, 0.25) is 5.89 Å². The summed E-state index contributed by atoms with van der Waals surface area (Å²) in [4.78, 5) is 4.64. The maximum Gasteiger partial charge on any atom is 0.201 e. The molecular weight excluding hydrogens is 314 g/mol. The van der Waals surface area contributed by atoms with Crippen LogP contribution in [0, 0.1) is 6.92 Å². The summed E-state index contributed by atoms with van der Waals surface area (Å²) in [5.74, 6) is 0.922. The summed E-state index contributed by atoms with van der Waals surface area (Å²) in [6, 6.07) is 0. The van der Waals surface area contributed by atoms with E-state index in [4.69, 9.17) is 4.42 Å². The summed E-state index contributed by atoms with van der Waals surface area (Å²) in [6.45, 7) is 8.83. The molecule has 0 amide bonds. The summed E-state index contributed by atoms with van der Waals surface area (Å²) < 4.78 is 6.65. The molecule has 0 N–H and O–H groups in total. The number of halogens is 1. The molecule has 0 aliphatic carbocycles. The molecule has 0 bridgehead atoms. The molecule has 1 rings (SSSR count). The SMILES string of the molecule is CCCCCCCC(C)(CCCC)c1nc(C)c(Br)o1. The topological polar surface area (TPSA) is 26.0 Å². The van der Waals surface area contributed by atoms with Gasteiger partial charge in [-0.15, -0.1) is 0 Å². The van der Waals surface area contributed by atoms with Crippen molar-refractivity contribution in [2.45, 2.75) is 90.9 Å². The zero-order valence-electron chi connectivity index (χ0n) is 13.6. The van der Waals surface area contributed by atoms with Crippen molar-refractivity contribution in [3.05, 3.63) is 16.3 Å². The Balaban J connectivity index is 2.65. The largest absolute Gasteiger partial charge is 0.433 e. The van der Waals surface area contributed by atoms with E-state index in [1.165, 1.54) is 57.8 Å². The highest BCUT2D eigenvalue weighted by Gasteiger charge is 2.31. The van der Waals surface area contributed by atoms with E-state index in [1.807, 2.05) is 6.92 Å². The Kier molecular flexibility index (Phi) is 7.86. The minimum absolute atomic E-state index is 0.0962. The van der Waals surface area contributed by atoms with E-state index in [1.54, 1.807) is 0 Å². The van der Waals surface area contributed by atoms with E-state index >= 15 is 0 Å². The number of rotatable bonds is 10. The second-order valence-corrected chi connectivity index (χ2v) is 6.93. The van der Waals surface area contributed by atoms with Crippen LogP contribution >= 0.6 is 15.9 Å². The molecule has 1 unspecified atom stereocenters. The molecule has 3 heteroatoms. The highest BCUT2D eigenvalue weighted by molar-refractivity contribution is 9.10. The first kappa shape index (κ1) is 17.7. The zero-order chi connectivity index (χ0) is 15.0. The van der Waals surface area contributed by atoms with Gasteiger partial charge in [0.05, 0.1) is 5.69 Å². The van der Waals surface area contributed by atoms with E-state index in [9.17, 15) is 0 Å². The Hall–Kier alpha value is -0.310. The van der Waals surface area contributed by atoms with Crippen molar-refractivity contribution in [1.29, 1.82) is 0 Å². The van der Waals surface area contributed by atoms with Gasteiger partial charge in [-0.3, -0.25) is 0 Å². The summed E-state index contributed by atoms with van der Waals surface area (Å²) in [6.07, 6.45) is 11.4. The Morgan fingerprint density at radius 2 is 1.60 bits per heavy atom. The van der Waals surface area contributed by atoms with Crippen LogP contribution in [0.2, 0.25) is 0 Å². The van der Waals surface area contributed by atoms with Crippen LogP contribution in [-0.4, -0.2) is 4.98 Å². The van der Waals surface area contributed by atoms with Gasteiger partial charge in [0.25, 0.3) is 0 Å². The van der Waals surface area contributed by atoms with Gasteiger partial charge in [-0.05, 0) is 35.7 Å². The van der Waals surface area contributed by atoms with Crippen molar-refractivity contribution in [2.24, 2.45) is 0 Å². The van der Waals surface area contributed by atoms with Crippen molar-refractivity contribution in [1.82, 2.24) is 4.98 Å². The normalized spacial score (nSPS) is 14.4. The maximum absolute atomic E-state index is 5.86. The molecule has 1 aromatic heterocycles. The zero-order valence-corrected chi connectivity index (χ0v) is 15.2. The van der Waals surface area contributed by atoms with Crippen molar-refractivity contribution in [3.63, 3.8) is 0 Å². The fourth-order valence-electron chi connectivity index (χ4n) is 2.66. The third-order valence-corrected chi connectivity index (χ3v) is 4.91. The monoisotopic (exact) mass is 343 g/mol. The molecule has 0 aliphatic rings. The van der Waals surface area contributed by atoms with Gasteiger partial charge in [-0.1, -0.05) is 65.7 Å². The second-order valence-electron chi connectivity index (χ2n) is 6.21. The van der Waals surface area contributed by atoms with Crippen LogP contribution < -0.4 is 0 Å².